The first kappa shape index (κ1) is 28.2. The minimum atomic E-state index is -4.64. The number of carbonyl (C=O) groups is 1. The quantitative estimate of drug-likeness (QED) is 0.144. The minimum Gasteiger partial charge on any atom is -0.496 e. The number of rotatable bonds is 12. The average Bonchev–Trinajstić information content (AvgIpc) is 3.20. The van der Waals surface area contributed by atoms with E-state index in [2.05, 4.69) is 25.6 Å². The van der Waals surface area contributed by atoms with Crippen molar-refractivity contribution in [3.05, 3.63) is 60.7 Å². The fourth-order valence-corrected chi connectivity index (χ4v) is 4.08. The van der Waals surface area contributed by atoms with Crippen molar-refractivity contribution in [2.24, 2.45) is 12.5 Å². The third kappa shape index (κ3) is 6.48. The lowest BCUT2D eigenvalue weighted by molar-refractivity contribution is -0.240. The van der Waals surface area contributed by atoms with Gasteiger partial charge in [-0.1, -0.05) is 32.4 Å². The predicted molar refractivity (Wildman–Crippen MR) is 139 cm³/mol. The summed E-state index contributed by atoms with van der Waals surface area (Å²) < 4.78 is 59.2. The molecule has 0 bridgehead atoms. The Balaban J connectivity index is 1.85. The first-order valence-corrected chi connectivity index (χ1v) is 12.3. The van der Waals surface area contributed by atoms with Gasteiger partial charge in [-0.05, 0) is 55.7 Å². The SMILES string of the molecule is C=CC(=O)OCC(C)(COc1ccc2cc(-c3ccc(CCCCC)cc3OC)n(C)c2c1)C(F)(F)F. The van der Waals surface area contributed by atoms with Crippen LogP contribution in [0.3, 0.4) is 0 Å². The topological polar surface area (TPSA) is 49.7 Å². The number of unbranched alkanes of at least 4 members (excludes halogenated alkanes) is 2. The number of alkyl halides is 3. The zero-order valence-electron chi connectivity index (χ0n) is 21.8. The summed E-state index contributed by atoms with van der Waals surface area (Å²) in [5.41, 5.74) is 1.48. The third-order valence-electron chi connectivity index (χ3n) is 6.57. The van der Waals surface area contributed by atoms with Crippen molar-refractivity contribution in [2.45, 2.75) is 45.7 Å². The molecule has 1 atom stereocenters. The summed E-state index contributed by atoms with van der Waals surface area (Å²) in [6, 6.07) is 13.4. The highest BCUT2D eigenvalue weighted by molar-refractivity contribution is 5.89. The Morgan fingerprint density at radius 1 is 1.08 bits per heavy atom. The third-order valence-corrected chi connectivity index (χ3v) is 6.57. The lowest BCUT2D eigenvalue weighted by atomic mass is 9.92. The maximum Gasteiger partial charge on any atom is 0.400 e. The van der Waals surface area contributed by atoms with Crippen LogP contribution in [-0.2, 0) is 23.0 Å². The van der Waals surface area contributed by atoms with Crippen molar-refractivity contribution < 1.29 is 32.2 Å². The normalized spacial score (nSPS) is 13.3. The van der Waals surface area contributed by atoms with Gasteiger partial charge in [0.15, 0.2) is 0 Å². The van der Waals surface area contributed by atoms with E-state index in [4.69, 9.17) is 14.2 Å². The molecule has 0 aliphatic rings. The minimum absolute atomic E-state index is 0.281. The summed E-state index contributed by atoms with van der Waals surface area (Å²) in [5, 5.41) is 0.914. The van der Waals surface area contributed by atoms with Crippen LogP contribution in [0.25, 0.3) is 22.2 Å². The Morgan fingerprint density at radius 2 is 1.84 bits per heavy atom. The summed E-state index contributed by atoms with van der Waals surface area (Å²) in [4.78, 5) is 11.3. The zero-order chi connectivity index (χ0) is 27.2. The first-order chi connectivity index (χ1) is 17.5. The van der Waals surface area contributed by atoms with Crippen LogP contribution in [0.15, 0.2) is 55.1 Å². The van der Waals surface area contributed by atoms with Crippen LogP contribution in [0.4, 0.5) is 13.2 Å². The molecule has 0 aliphatic carbocycles. The highest BCUT2D eigenvalue weighted by Gasteiger charge is 2.53. The van der Waals surface area contributed by atoms with Crippen molar-refractivity contribution in [1.29, 1.82) is 0 Å². The van der Waals surface area contributed by atoms with E-state index in [1.165, 1.54) is 12.0 Å². The summed E-state index contributed by atoms with van der Waals surface area (Å²) in [7, 11) is 3.54. The van der Waals surface area contributed by atoms with Crippen molar-refractivity contribution in [3.63, 3.8) is 0 Å². The molecule has 3 aromatic rings. The summed E-state index contributed by atoms with van der Waals surface area (Å²) in [5.74, 6) is 0.132. The van der Waals surface area contributed by atoms with Gasteiger partial charge in [-0.2, -0.15) is 13.2 Å². The second-order valence-electron chi connectivity index (χ2n) is 9.46. The van der Waals surface area contributed by atoms with Crippen LogP contribution in [0, 0.1) is 5.41 Å². The molecule has 200 valence electrons. The molecule has 0 spiro atoms. The molecule has 2 aromatic carbocycles. The molecule has 5 nitrogen and oxygen atoms in total. The van der Waals surface area contributed by atoms with Crippen molar-refractivity contribution in [2.75, 3.05) is 20.3 Å². The average molecular weight is 518 g/mol. The summed E-state index contributed by atoms with van der Waals surface area (Å²) in [6.45, 7) is 4.77. The highest BCUT2D eigenvalue weighted by Crippen LogP contribution is 2.40. The van der Waals surface area contributed by atoms with E-state index in [-0.39, 0.29) is 5.75 Å². The van der Waals surface area contributed by atoms with Gasteiger partial charge in [-0.15, -0.1) is 0 Å². The number of carbonyl (C=O) groups excluding carboxylic acids is 1. The maximum atomic E-state index is 13.7. The number of halogens is 3. The molecule has 1 aromatic heterocycles. The number of aromatic nitrogens is 1. The number of fused-ring (bicyclic) bond motifs is 1. The first-order valence-electron chi connectivity index (χ1n) is 12.3. The Morgan fingerprint density at radius 3 is 2.49 bits per heavy atom. The molecule has 0 N–H and O–H groups in total. The Labute approximate surface area is 215 Å². The Kier molecular flexibility index (Phi) is 8.94. The molecule has 37 heavy (non-hydrogen) atoms. The summed E-state index contributed by atoms with van der Waals surface area (Å²) in [6.07, 6.45) is 0.641. The second kappa shape index (κ2) is 11.8. The Bertz CT molecular complexity index is 1250. The standard InChI is InChI=1S/C29H34F3NO4/c1-6-8-9-10-20-11-14-23(26(15-20)35-5)25-16-21-12-13-22(17-24(21)33(25)4)36-18-28(3,29(30,31)32)19-37-27(34)7-2/h7,11-17H,2,6,8-10,18-19H2,1,3-5H3. The molecule has 0 amide bonds. The van der Waals surface area contributed by atoms with Gasteiger partial charge in [-0.25, -0.2) is 4.79 Å². The molecular weight excluding hydrogens is 483 g/mol. The zero-order valence-corrected chi connectivity index (χ0v) is 21.8. The monoisotopic (exact) mass is 517 g/mol. The number of esters is 1. The smallest absolute Gasteiger partial charge is 0.400 e. The van der Waals surface area contributed by atoms with E-state index in [0.29, 0.717) is 0 Å². The number of nitrogens with zero attached hydrogens (tertiary/aromatic N) is 1. The van der Waals surface area contributed by atoms with Gasteiger partial charge in [0, 0.05) is 30.1 Å². The molecule has 0 fully saturated rings. The highest BCUT2D eigenvalue weighted by atomic mass is 19.4. The lowest BCUT2D eigenvalue weighted by Crippen LogP contribution is -2.44. The van der Waals surface area contributed by atoms with Gasteiger partial charge in [0.05, 0.1) is 18.3 Å². The molecule has 0 saturated carbocycles. The van der Waals surface area contributed by atoms with E-state index in [1.807, 2.05) is 29.8 Å². The van der Waals surface area contributed by atoms with Crippen molar-refractivity contribution in [1.82, 2.24) is 4.57 Å². The van der Waals surface area contributed by atoms with Crippen LogP contribution in [-0.4, -0.2) is 37.0 Å². The number of aryl methyl sites for hydroxylation is 2. The van der Waals surface area contributed by atoms with Gasteiger partial charge in [-0.3, -0.25) is 0 Å². The fraction of sp³-hybridized carbons (Fsp3) is 0.414. The molecule has 3 rings (SSSR count). The van der Waals surface area contributed by atoms with Crippen LogP contribution in [0.2, 0.25) is 0 Å². The van der Waals surface area contributed by atoms with Crippen LogP contribution >= 0.6 is 0 Å². The van der Waals surface area contributed by atoms with Crippen LogP contribution in [0.1, 0.15) is 38.7 Å². The van der Waals surface area contributed by atoms with E-state index >= 15 is 0 Å². The maximum absolute atomic E-state index is 13.7. The lowest BCUT2D eigenvalue weighted by Gasteiger charge is -2.31. The molecule has 1 unspecified atom stereocenters. The van der Waals surface area contributed by atoms with Crippen LogP contribution < -0.4 is 9.47 Å². The molecule has 0 saturated heterocycles. The largest absolute Gasteiger partial charge is 0.496 e. The van der Waals surface area contributed by atoms with Crippen molar-refractivity contribution in [3.8, 4) is 22.8 Å². The molecule has 8 heteroatoms. The number of hydrogen-bond donors (Lipinski definition) is 0. The van der Waals surface area contributed by atoms with Crippen LogP contribution in [0.5, 0.6) is 11.5 Å². The van der Waals surface area contributed by atoms with E-state index < -0.39 is 30.8 Å². The second-order valence-corrected chi connectivity index (χ2v) is 9.46. The van der Waals surface area contributed by atoms with E-state index in [1.54, 1.807) is 19.2 Å². The van der Waals surface area contributed by atoms with E-state index in [9.17, 15) is 18.0 Å². The van der Waals surface area contributed by atoms with Crippen molar-refractivity contribution >= 4 is 16.9 Å². The number of hydrogen-bond acceptors (Lipinski definition) is 4. The number of ether oxygens (including phenoxy) is 3. The number of methoxy groups -OCH3 is 1. The van der Waals surface area contributed by atoms with Gasteiger partial charge in [0.1, 0.15) is 30.1 Å². The molecular formula is C29H34F3NO4. The molecule has 0 aliphatic heterocycles. The van der Waals surface area contributed by atoms with Gasteiger partial charge >= 0.3 is 12.1 Å². The van der Waals surface area contributed by atoms with E-state index in [0.717, 1.165) is 60.2 Å². The van der Waals surface area contributed by atoms with Gasteiger partial charge < -0.3 is 18.8 Å². The molecule has 0 radical (unpaired) electrons. The Hall–Kier alpha value is -3.42. The number of benzene rings is 2. The fourth-order valence-electron chi connectivity index (χ4n) is 4.08. The summed E-state index contributed by atoms with van der Waals surface area (Å²) >= 11 is 0. The molecule has 1 heterocycles. The van der Waals surface area contributed by atoms with Gasteiger partial charge in [0.25, 0.3) is 0 Å². The predicted octanol–water partition coefficient (Wildman–Crippen LogP) is 7.26. The van der Waals surface area contributed by atoms with Gasteiger partial charge in [0.2, 0.25) is 0 Å².